The number of alkyl halides is 3. The predicted octanol–water partition coefficient (Wildman–Crippen LogP) is 4.75. The zero-order chi connectivity index (χ0) is 24.0. The first-order chi connectivity index (χ1) is 15.7. The van der Waals surface area contributed by atoms with Crippen LogP contribution >= 0.6 is 0 Å². The van der Waals surface area contributed by atoms with Crippen LogP contribution in [0.3, 0.4) is 0 Å². The molecule has 0 radical (unpaired) electrons. The van der Waals surface area contributed by atoms with E-state index in [0.717, 1.165) is 17.7 Å². The smallest absolute Gasteiger partial charge is 0.466 e. The number of halogens is 3. The van der Waals surface area contributed by atoms with E-state index < -0.39 is 41.0 Å². The Morgan fingerprint density at radius 1 is 1.15 bits per heavy atom. The Balaban J connectivity index is 1.94. The zero-order valence-electron chi connectivity index (χ0n) is 18.0. The summed E-state index contributed by atoms with van der Waals surface area (Å²) in [5, 5.41) is 12.2. The van der Waals surface area contributed by atoms with Crippen LogP contribution in [0.1, 0.15) is 36.9 Å². The van der Waals surface area contributed by atoms with Gasteiger partial charge in [-0.3, -0.25) is 19.8 Å². The molecule has 3 atom stereocenters. The molecule has 7 nitrogen and oxygen atoms in total. The Labute approximate surface area is 189 Å². The highest BCUT2D eigenvalue weighted by atomic mass is 19.4. The third kappa shape index (κ3) is 6.67. The highest BCUT2D eigenvalue weighted by Gasteiger charge is 2.47. The second-order valence-corrected chi connectivity index (χ2v) is 7.85. The molecule has 1 heterocycles. The van der Waals surface area contributed by atoms with Gasteiger partial charge in [0.15, 0.2) is 0 Å². The van der Waals surface area contributed by atoms with Gasteiger partial charge in [0, 0.05) is 17.4 Å². The first-order valence-electron chi connectivity index (χ1n) is 10.6. The van der Waals surface area contributed by atoms with Crippen molar-refractivity contribution in [3.05, 3.63) is 75.8 Å². The summed E-state index contributed by atoms with van der Waals surface area (Å²) in [6.07, 6.45) is -4.51. The number of carbonyl (C=O) groups is 1. The number of nitro groups is 1. The van der Waals surface area contributed by atoms with Crippen LogP contribution in [0, 0.1) is 16.0 Å². The number of nitrogens with zero attached hydrogens (tertiary/aromatic N) is 2. The highest BCUT2D eigenvalue weighted by molar-refractivity contribution is 5.69. The Hall–Kier alpha value is -3.14. The van der Waals surface area contributed by atoms with Crippen molar-refractivity contribution in [2.75, 3.05) is 13.2 Å². The summed E-state index contributed by atoms with van der Waals surface area (Å²) < 4.78 is 46.6. The normalized spacial score (nSPS) is 21.4. The SMILES string of the molecule is CCOC(=O)C[C@@H]1CCN(Cc2ccccc2)[C@@H](c2ccc(OC(F)(F)F)cc2)[C@@H]1[N+](=O)[O-]. The predicted molar refractivity (Wildman–Crippen MR) is 113 cm³/mol. The van der Waals surface area contributed by atoms with Gasteiger partial charge in [0.2, 0.25) is 6.04 Å². The van der Waals surface area contributed by atoms with Crippen molar-refractivity contribution >= 4 is 5.97 Å². The first kappa shape index (κ1) is 24.5. The molecule has 178 valence electrons. The Morgan fingerprint density at radius 2 is 1.82 bits per heavy atom. The van der Waals surface area contributed by atoms with Crippen molar-refractivity contribution in [2.45, 2.75) is 44.8 Å². The van der Waals surface area contributed by atoms with Gasteiger partial charge in [0.1, 0.15) is 11.8 Å². The summed E-state index contributed by atoms with van der Waals surface area (Å²) in [6, 6.07) is 12.6. The van der Waals surface area contributed by atoms with Gasteiger partial charge in [-0.1, -0.05) is 42.5 Å². The summed E-state index contributed by atoms with van der Waals surface area (Å²) in [5.74, 6) is -1.47. The lowest BCUT2D eigenvalue weighted by molar-refractivity contribution is -0.545. The summed E-state index contributed by atoms with van der Waals surface area (Å²) in [6.45, 7) is 2.75. The molecule has 0 bridgehead atoms. The second-order valence-electron chi connectivity index (χ2n) is 7.85. The molecule has 0 aliphatic carbocycles. The van der Waals surface area contributed by atoms with Gasteiger partial charge in [-0.2, -0.15) is 0 Å². The number of rotatable bonds is 8. The number of carbonyl (C=O) groups excluding carboxylic acids is 1. The van der Waals surface area contributed by atoms with E-state index in [0.29, 0.717) is 25.1 Å². The van der Waals surface area contributed by atoms with Crippen LogP contribution in [-0.4, -0.2) is 41.3 Å². The Bertz CT molecular complexity index is 937. The van der Waals surface area contributed by atoms with Crippen molar-refractivity contribution in [1.29, 1.82) is 0 Å². The van der Waals surface area contributed by atoms with Crippen LogP contribution in [0.15, 0.2) is 54.6 Å². The average molecular weight is 466 g/mol. The maximum Gasteiger partial charge on any atom is 0.573 e. The molecule has 0 amide bonds. The van der Waals surface area contributed by atoms with Crippen molar-refractivity contribution < 1.29 is 32.4 Å². The van der Waals surface area contributed by atoms with Gasteiger partial charge < -0.3 is 9.47 Å². The summed E-state index contributed by atoms with van der Waals surface area (Å²) >= 11 is 0. The molecule has 1 saturated heterocycles. The van der Waals surface area contributed by atoms with E-state index in [1.807, 2.05) is 35.2 Å². The lowest BCUT2D eigenvalue weighted by atomic mass is 9.80. The molecule has 0 unspecified atom stereocenters. The van der Waals surface area contributed by atoms with Crippen LogP contribution < -0.4 is 4.74 Å². The summed E-state index contributed by atoms with van der Waals surface area (Å²) in [7, 11) is 0. The maximum atomic E-state index is 12.5. The van der Waals surface area contributed by atoms with Crippen LogP contribution in [0.5, 0.6) is 5.75 Å². The van der Waals surface area contributed by atoms with Crippen LogP contribution in [0.2, 0.25) is 0 Å². The van der Waals surface area contributed by atoms with Crippen molar-refractivity contribution in [3.8, 4) is 5.75 Å². The molecule has 0 spiro atoms. The molecule has 0 N–H and O–H groups in total. The quantitative estimate of drug-likeness (QED) is 0.317. The lowest BCUT2D eigenvalue weighted by Gasteiger charge is -2.41. The van der Waals surface area contributed by atoms with Gasteiger partial charge in [-0.15, -0.1) is 13.2 Å². The molecular weight excluding hydrogens is 441 g/mol. The molecule has 1 aliphatic rings. The number of ether oxygens (including phenoxy) is 2. The van der Waals surface area contributed by atoms with Crippen molar-refractivity contribution in [3.63, 3.8) is 0 Å². The van der Waals surface area contributed by atoms with Gasteiger partial charge in [0.05, 0.1) is 13.0 Å². The molecular formula is C23H25F3N2O5. The number of likely N-dealkylation sites (tertiary alicyclic amines) is 1. The zero-order valence-corrected chi connectivity index (χ0v) is 18.0. The van der Waals surface area contributed by atoms with E-state index in [1.54, 1.807) is 6.92 Å². The monoisotopic (exact) mass is 466 g/mol. The number of hydrogen-bond donors (Lipinski definition) is 0. The number of piperidine rings is 1. The third-order valence-electron chi connectivity index (χ3n) is 5.65. The molecule has 2 aromatic carbocycles. The fraction of sp³-hybridized carbons (Fsp3) is 0.435. The van der Waals surface area contributed by atoms with E-state index >= 15 is 0 Å². The van der Waals surface area contributed by atoms with E-state index in [1.165, 1.54) is 12.1 Å². The number of benzene rings is 2. The second kappa shape index (κ2) is 10.7. The summed E-state index contributed by atoms with van der Waals surface area (Å²) in [4.78, 5) is 25.8. The molecule has 0 saturated carbocycles. The molecule has 3 rings (SSSR count). The third-order valence-corrected chi connectivity index (χ3v) is 5.65. The highest BCUT2D eigenvalue weighted by Crippen LogP contribution is 2.39. The minimum Gasteiger partial charge on any atom is -0.466 e. The molecule has 1 fully saturated rings. The fourth-order valence-electron chi connectivity index (χ4n) is 4.33. The number of hydrogen-bond acceptors (Lipinski definition) is 6. The Morgan fingerprint density at radius 3 is 2.39 bits per heavy atom. The van der Waals surface area contributed by atoms with Crippen molar-refractivity contribution in [1.82, 2.24) is 4.90 Å². The minimum absolute atomic E-state index is 0.0928. The van der Waals surface area contributed by atoms with Gasteiger partial charge in [-0.25, -0.2) is 0 Å². The van der Waals surface area contributed by atoms with E-state index in [2.05, 4.69) is 4.74 Å². The van der Waals surface area contributed by atoms with Gasteiger partial charge in [0.25, 0.3) is 0 Å². The molecule has 2 aromatic rings. The van der Waals surface area contributed by atoms with E-state index in [-0.39, 0.29) is 13.0 Å². The molecule has 33 heavy (non-hydrogen) atoms. The first-order valence-corrected chi connectivity index (χ1v) is 10.6. The Kier molecular flexibility index (Phi) is 7.91. The van der Waals surface area contributed by atoms with Crippen LogP contribution in [0.4, 0.5) is 13.2 Å². The van der Waals surface area contributed by atoms with Gasteiger partial charge >= 0.3 is 12.3 Å². The summed E-state index contributed by atoms with van der Waals surface area (Å²) in [5.41, 5.74) is 1.43. The minimum atomic E-state index is -4.83. The largest absolute Gasteiger partial charge is 0.573 e. The lowest BCUT2D eigenvalue weighted by Crippen LogP contribution is -2.50. The number of esters is 1. The van der Waals surface area contributed by atoms with E-state index in [9.17, 15) is 28.1 Å². The topological polar surface area (TPSA) is 81.9 Å². The standard InChI is InChI=1S/C23H25F3N2O5/c1-2-32-20(29)14-18-12-13-27(15-16-6-4-3-5-7-16)21(22(18)28(30)31)17-8-10-19(11-9-17)33-23(24,25)26/h3-11,18,21-22H,2,12-15H2,1H3/t18-,21-,22+/m0/s1. The van der Waals surface area contributed by atoms with Crippen LogP contribution in [0.25, 0.3) is 0 Å². The maximum absolute atomic E-state index is 12.5. The average Bonchev–Trinajstić information content (AvgIpc) is 2.75. The molecule has 10 heteroatoms. The van der Waals surface area contributed by atoms with Gasteiger partial charge in [-0.05, 0) is 43.1 Å². The molecule has 1 aliphatic heterocycles. The molecule has 0 aromatic heterocycles. The van der Waals surface area contributed by atoms with Crippen molar-refractivity contribution in [2.24, 2.45) is 5.92 Å². The van der Waals surface area contributed by atoms with Crippen LogP contribution in [-0.2, 0) is 16.1 Å². The fourth-order valence-corrected chi connectivity index (χ4v) is 4.33. The van der Waals surface area contributed by atoms with E-state index in [4.69, 9.17) is 4.74 Å².